The lowest BCUT2D eigenvalue weighted by molar-refractivity contribution is 0.642. The second-order valence-electron chi connectivity index (χ2n) is 3.79. The van der Waals surface area contributed by atoms with Crippen LogP contribution in [0.4, 0.5) is 11.6 Å². The largest absolute Gasteiger partial charge is 0.321 e. The van der Waals surface area contributed by atoms with Crippen LogP contribution in [0.3, 0.4) is 0 Å². The average Bonchev–Trinajstić information content (AvgIpc) is 3.04. The number of hydrogen-bond acceptors (Lipinski definition) is 4. The SMILES string of the molecule is Ic1cnc(Nc2cnn(C3CC3)c2)nc1. The number of nitrogens with one attached hydrogen (secondary N) is 1. The molecule has 1 aliphatic carbocycles. The van der Waals surface area contributed by atoms with Crippen molar-refractivity contribution in [3.8, 4) is 0 Å². The lowest BCUT2D eigenvalue weighted by Crippen LogP contribution is -1.96. The summed E-state index contributed by atoms with van der Waals surface area (Å²) in [6.07, 6.45) is 9.84. The van der Waals surface area contributed by atoms with E-state index in [1.54, 1.807) is 18.6 Å². The first-order chi connectivity index (χ1) is 7.81. The number of nitrogens with zero attached hydrogens (tertiary/aromatic N) is 4. The second-order valence-corrected chi connectivity index (χ2v) is 5.04. The van der Waals surface area contributed by atoms with E-state index in [1.165, 1.54) is 12.8 Å². The summed E-state index contributed by atoms with van der Waals surface area (Å²) >= 11 is 2.18. The van der Waals surface area contributed by atoms with E-state index >= 15 is 0 Å². The molecule has 0 spiro atoms. The van der Waals surface area contributed by atoms with Crippen LogP contribution in [0.25, 0.3) is 0 Å². The Morgan fingerprint density at radius 2 is 2.00 bits per heavy atom. The molecular weight excluding hydrogens is 317 g/mol. The summed E-state index contributed by atoms with van der Waals surface area (Å²) in [6, 6.07) is 0.605. The smallest absolute Gasteiger partial charge is 0.227 e. The van der Waals surface area contributed by atoms with Crippen molar-refractivity contribution in [3.63, 3.8) is 0 Å². The highest BCUT2D eigenvalue weighted by atomic mass is 127. The van der Waals surface area contributed by atoms with E-state index in [4.69, 9.17) is 0 Å². The van der Waals surface area contributed by atoms with Crippen LogP contribution in [0.2, 0.25) is 0 Å². The molecule has 0 bridgehead atoms. The van der Waals surface area contributed by atoms with Crippen LogP contribution in [0.1, 0.15) is 18.9 Å². The van der Waals surface area contributed by atoms with Crippen molar-refractivity contribution < 1.29 is 0 Å². The Balaban J connectivity index is 1.75. The van der Waals surface area contributed by atoms with Gasteiger partial charge in [0.15, 0.2) is 0 Å². The topological polar surface area (TPSA) is 55.6 Å². The first-order valence-corrected chi connectivity index (χ1v) is 6.18. The minimum absolute atomic E-state index is 0.605. The fourth-order valence-corrected chi connectivity index (χ4v) is 1.73. The molecule has 0 radical (unpaired) electrons. The zero-order valence-corrected chi connectivity index (χ0v) is 10.6. The second kappa shape index (κ2) is 4.00. The first-order valence-electron chi connectivity index (χ1n) is 5.10. The van der Waals surface area contributed by atoms with Crippen LogP contribution in [0.15, 0.2) is 24.8 Å². The summed E-state index contributed by atoms with van der Waals surface area (Å²) < 4.78 is 3.02. The Labute approximate surface area is 106 Å². The van der Waals surface area contributed by atoms with Crippen LogP contribution in [0, 0.1) is 3.57 Å². The van der Waals surface area contributed by atoms with Crippen molar-refractivity contribution in [1.29, 1.82) is 0 Å². The third-order valence-corrected chi connectivity index (χ3v) is 2.96. The van der Waals surface area contributed by atoms with Gasteiger partial charge in [0.25, 0.3) is 0 Å². The summed E-state index contributed by atoms with van der Waals surface area (Å²) in [5.74, 6) is 0.607. The maximum absolute atomic E-state index is 4.29. The molecule has 2 aromatic rings. The zero-order valence-electron chi connectivity index (χ0n) is 8.47. The summed E-state index contributed by atoms with van der Waals surface area (Å²) in [4.78, 5) is 8.35. The Kier molecular flexibility index (Phi) is 2.50. The predicted octanol–water partition coefficient (Wildman–Crippen LogP) is 2.36. The Morgan fingerprint density at radius 3 is 2.69 bits per heavy atom. The molecule has 0 saturated heterocycles. The number of halogens is 1. The van der Waals surface area contributed by atoms with E-state index in [-0.39, 0.29) is 0 Å². The van der Waals surface area contributed by atoms with Gasteiger partial charge in [-0.05, 0) is 35.4 Å². The van der Waals surface area contributed by atoms with Crippen molar-refractivity contribution in [3.05, 3.63) is 28.4 Å². The molecule has 6 heteroatoms. The van der Waals surface area contributed by atoms with Gasteiger partial charge in [0.1, 0.15) is 0 Å². The lowest BCUT2D eigenvalue weighted by atomic mass is 10.5. The first kappa shape index (κ1) is 10.0. The van der Waals surface area contributed by atoms with Crippen LogP contribution in [0.5, 0.6) is 0 Å². The monoisotopic (exact) mass is 327 g/mol. The van der Waals surface area contributed by atoms with E-state index in [1.807, 2.05) is 10.9 Å². The Hall–Kier alpha value is -1.18. The fourth-order valence-electron chi connectivity index (χ4n) is 1.45. The van der Waals surface area contributed by atoms with Gasteiger partial charge >= 0.3 is 0 Å². The van der Waals surface area contributed by atoms with Gasteiger partial charge in [-0.15, -0.1) is 0 Å². The highest BCUT2D eigenvalue weighted by Gasteiger charge is 2.24. The molecule has 0 aliphatic heterocycles. The van der Waals surface area contributed by atoms with Gasteiger partial charge in [-0.1, -0.05) is 0 Å². The van der Waals surface area contributed by atoms with Gasteiger partial charge in [-0.25, -0.2) is 9.97 Å². The fraction of sp³-hybridized carbons (Fsp3) is 0.300. The minimum atomic E-state index is 0.605. The summed E-state index contributed by atoms with van der Waals surface area (Å²) in [5, 5.41) is 7.41. The maximum Gasteiger partial charge on any atom is 0.227 e. The molecule has 5 nitrogen and oxygen atoms in total. The van der Waals surface area contributed by atoms with Crippen molar-refractivity contribution in [2.24, 2.45) is 0 Å². The van der Waals surface area contributed by atoms with E-state index in [0.29, 0.717) is 12.0 Å². The van der Waals surface area contributed by atoms with Gasteiger partial charge in [-0.2, -0.15) is 5.10 Å². The minimum Gasteiger partial charge on any atom is -0.321 e. The molecule has 1 aliphatic rings. The third-order valence-electron chi connectivity index (χ3n) is 2.40. The van der Waals surface area contributed by atoms with E-state index < -0.39 is 0 Å². The highest BCUT2D eigenvalue weighted by Crippen LogP contribution is 2.34. The molecule has 16 heavy (non-hydrogen) atoms. The number of rotatable bonds is 3. The third kappa shape index (κ3) is 2.16. The molecule has 1 N–H and O–H groups in total. The van der Waals surface area contributed by atoms with E-state index in [9.17, 15) is 0 Å². The predicted molar refractivity (Wildman–Crippen MR) is 68.5 cm³/mol. The van der Waals surface area contributed by atoms with Gasteiger partial charge in [0.2, 0.25) is 5.95 Å². The Bertz CT molecular complexity index is 488. The molecular formula is C10H10IN5. The standard InChI is InChI=1S/C10H10IN5/c11-7-3-12-10(13-4-7)15-8-5-14-16(6-8)9-1-2-9/h3-6,9H,1-2H2,(H,12,13,15). The van der Waals surface area contributed by atoms with Crippen LogP contribution >= 0.6 is 22.6 Å². The molecule has 2 aromatic heterocycles. The average molecular weight is 327 g/mol. The molecule has 3 rings (SSSR count). The molecule has 2 heterocycles. The molecule has 82 valence electrons. The van der Waals surface area contributed by atoms with E-state index in [2.05, 4.69) is 43.0 Å². The molecule has 1 saturated carbocycles. The van der Waals surface area contributed by atoms with Crippen LogP contribution < -0.4 is 5.32 Å². The van der Waals surface area contributed by atoms with Crippen molar-refractivity contribution >= 4 is 34.2 Å². The molecule has 0 aromatic carbocycles. The van der Waals surface area contributed by atoms with Crippen molar-refractivity contribution in [2.75, 3.05) is 5.32 Å². The van der Waals surface area contributed by atoms with Crippen LogP contribution in [-0.4, -0.2) is 19.7 Å². The number of aromatic nitrogens is 4. The molecule has 0 atom stereocenters. The van der Waals surface area contributed by atoms with Gasteiger partial charge in [-0.3, -0.25) is 4.68 Å². The normalized spacial score (nSPS) is 15.1. The molecule has 0 unspecified atom stereocenters. The van der Waals surface area contributed by atoms with Crippen molar-refractivity contribution in [2.45, 2.75) is 18.9 Å². The highest BCUT2D eigenvalue weighted by molar-refractivity contribution is 14.1. The summed E-state index contributed by atoms with van der Waals surface area (Å²) in [6.45, 7) is 0. The van der Waals surface area contributed by atoms with Crippen LogP contribution in [-0.2, 0) is 0 Å². The number of hydrogen-bond donors (Lipinski definition) is 1. The van der Waals surface area contributed by atoms with Gasteiger partial charge < -0.3 is 5.32 Å². The lowest BCUT2D eigenvalue weighted by Gasteiger charge is -2.00. The molecule has 0 amide bonds. The van der Waals surface area contributed by atoms with E-state index in [0.717, 1.165) is 9.26 Å². The molecule has 1 fully saturated rings. The quantitative estimate of drug-likeness (QED) is 0.880. The summed E-state index contributed by atoms with van der Waals surface area (Å²) in [5.41, 5.74) is 0.938. The van der Waals surface area contributed by atoms with Gasteiger partial charge in [0.05, 0.1) is 17.9 Å². The maximum atomic E-state index is 4.29. The zero-order chi connectivity index (χ0) is 11.0. The van der Waals surface area contributed by atoms with Gasteiger partial charge in [0, 0.05) is 22.2 Å². The van der Waals surface area contributed by atoms with Crippen molar-refractivity contribution in [1.82, 2.24) is 19.7 Å². The number of anilines is 2. The summed E-state index contributed by atoms with van der Waals surface area (Å²) in [7, 11) is 0. The Morgan fingerprint density at radius 1 is 1.25 bits per heavy atom.